The fraction of sp³-hybridized carbons (Fsp3) is 0.545. The Balaban J connectivity index is 1.21. The first-order chi connectivity index (χ1) is 29.4. The number of hydrogen-bond acceptors (Lipinski definition) is 12. The Morgan fingerprint density at radius 1 is 1.02 bits per heavy atom. The summed E-state index contributed by atoms with van der Waals surface area (Å²) in [6.45, 7) is 14.6. The molecule has 0 spiro atoms. The molecule has 3 aliphatic carbocycles. The Kier molecular flexibility index (Phi) is 12.7. The molecule has 3 heterocycles. The van der Waals surface area contributed by atoms with Gasteiger partial charge in [-0.05, 0) is 67.1 Å². The van der Waals surface area contributed by atoms with Crippen molar-refractivity contribution < 1.29 is 47.5 Å². The van der Waals surface area contributed by atoms with Gasteiger partial charge in [0.1, 0.15) is 36.5 Å². The minimum atomic E-state index is -1.57. The zero-order valence-corrected chi connectivity index (χ0v) is 37.5. The Bertz CT molecular complexity index is 2170. The van der Waals surface area contributed by atoms with Crippen LogP contribution in [0, 0.1) is 22.7 Å². The molecular weight excluding hydrogens is 815 g/mol. The van der Waals surface area contributed by atoms with Crippen LogP contribution in [0.15, 0.2) is 60.0 Å². The number of urea groups is 1. The highest BCUT2D eigenvalue weighted by Crippen LogP contribution is 2.66. The summed E-state index contributed by atoms with van der Waals surface area (Å²) in [6.07, 6.45) is 0.687. The van der Waals surface area contributed by atoms with E-state index in [1.54, 1.807) is 34.5 Å². The Hall–Kier alpha value is -5.20. The second-order valence-corrected chi connectivity index (χ2v) is 19.2. The molecule has 3 saturated carbocycles. The number of anilines is 1. The summed E-state index contributed by atoms with van der Waals surface area (Å²) in [7, 11) is 0.354. The van der Waals surface area contributed by atoms with Crippen molar-refractivity contribution in [2.24, 2.45) is 22.7 Å². The lowest BCUT2D eigenvalue weighted by atomic mass is 9.43. The van der Waals surface area contributed by atoms with Crippen molar-refractivity contribution >= 4 is 53.5 Å². The van der Waals surface area contributed by atoms with Crippen LogP contribution in [0.2, 0.25) is 0 Å². The SMILES string of the molecule is CCN1CCN(C(=O)NC(C(=O)N[C@](COC(=O)c2ccccc2OC)(B2OC3CC4CC(C4(C)C)[C@]3(C)O2)C(C)(C)C)c2csc(NC(=O)OCc3ccccc3)n2)CC1=O. The molecular formula is C44H57BN6O10S. The van der Waals surface area contributed by atoms with Gasteiger partial charge in [-0.15, -0.1) is 11.3 Å². The van der Waals surface area contributed by atoms with Gasteiger partial charge in [0.05, 0.1) is 24.5 Å². The minimum absolute atomic E-state index is 0.0111. The third kappa shape index (κ3) is 8.60. The average molecular weight is 873 g/mol. The number of esters is 1. The number of thiazole rings is 1. The van der Waals surface area contributed by atoms with Crippen molar-refractivity contribution in [1.82, 2.24) is 25.4 Å². The maximum atomic E-state index is 15.2. The van der Waals surface area contributed by atoms with Crippen LogP contribution in [0.25, 0.3) is 0 Å². The zero-order valence-electron chi connectivity index (χ0n) is 36.6. The monoisotopic (exact) mass is 872 g/mol. The third-order valence-corrected chi connectivity index (χ3v) is 14.3. The van der Waals surface area contributed by atoms with E-state index >= 15 is 4.79 Å². The van der Waals surface area contributed by atoms with Crippen LogP contribution in [0.4, 0.5) is 14.7 Å². The maximum absolute atomic E-state index is 15.2. The van der Waals surface area contributed by atoms with Gasteiger partial charge in [0.2, 0.25) is 11.8 Å². The molecule has 2 saturated heterocycles. The van der Waals surface area contributed by atoms with E-state index in [0.717, 1.165) is 29.7 Å². The molecule has 332 valence electrons. The van der Waals surface area contributed by atoms with E-state index in [1.165, 1.54) is 12.0 Å². The molecule has 5 fully saturated rings. The highest BCUT2D eigenvalue weighted by atomic mass is 32.1. The minimum Gasteiger partial charge on any atom is -0.496 e. The van der Waals surface area contributed by atoms with Gasteiger partial charge in [-0.1, -0.05) is 77.1 Å². The Morgan fingerprint density at radius 2 is 1.74 bits per heavy atom. The van der Waals surface area contributed by atoms with Crippen molar-refractivity contribution in [2.75, 3.05) is 45.2 Å². The van der Waals surface area contributed by atoms with Crippen molar-refractivity contribution in [1.29, 1.82) is 0 Å². The summed E-state index contributed by atoms with van der Waals surface area (Å²) in [6, 6.07) is 13.7. The van der Waals surface area contributed by atoms with E-state index in [9.17, 15) is 19.2 Å². The Labute approximate surface area is 366 Å². The van der Waals surface area contributed by atoms with Crippen LogP contribution >= 0.6 is 11.3 Å². The molecule has 18 heteroatoms. The van der Waals surface area contributed by atoms with Gasteiger partial charge in [0.15, 0.2) is 11.2 Å². The van der Waals surface area contributed by atoms with Crippen molar-refractivity contribution in [2.45, 2.75) is 91.1 Å². The number of likely N-dealkylation sites (N-methyl/N-ethyl adjacent to an activating group) is 1. The molecule has 16 nitrogen and oxygen atoms in total. The number of nitrogens with one attached hydrogen (secondary N) is 3. The Morgan fingerprint density at radius 3 is 2.42 bits per heavy atom. The number of ether oxygens (including phenoxy) is 3. The van der Waals surface area contributed by atoms with E-state index < -0.39 is 60.2 Å². The molecule has 5 amide bonds. The molecule has 1 aromatic heterocycles. The van der Waals surface area contributed by atoms with E-state index in [1.807, 2.05) is 58.0 Å². The van der Waals surface area contributed by atoms with Gasteiger partial charge in [-0.3, -0.25) is 14.9 Å². The fourth-order valence-electron chi connectivity index (χ4n) is 9.39. The number of nitrogens with zero attached hydrogens (tertiary/aromatic N) is 3. The number of methoxy groups -OCH3 is 1. The summed E-state index contributed by atoms with van der Waals surface area (Å²) < 4.78 is 30.9. The molecule has 62 heavy (non-hydrogen) atoms. The predicted molar refractivity (Wildman–Crippen MR) is 231 cm³/mol. The summed E-state index contributed by atoms with van der Waals surface area (Å²) >= 11 is 1.03. The van der Waals surface area contributed by atoms with E-state index in [-0.39, 0.29) is 59.4 Å². The third-order valence-electron chi connectivity index (χ3n) is 13.6. The molecule has 3 aromatic rings. The first kappa shape index (κ1) is 44.8. The summed E-state index contributed by atoms with van der Waals surface area (Å²) in [5.41, 5.74) is -2.11. The van der Waals surface area contributed by atoms with E-state index in [0.29, 0.717) is 24.8 Å². The van der Waals surface area contributed by atoms with Gasteiger partial charge in [-0.25, -0.2) is 19.4 Å². The van der Waals surface area contributed by atoms with Crippen LogP contribution in [-0.4, -0.2) is 109 Å². The molecule has 4 unspecified atom stereocenters. The molecule has 8 rings (SSSR count). The molecule has 2 bridgehead atoms. The number of aromatic nitrogens is 1. The lowest BCUT2D eigenvalue weighted by Gasteiger charge is -2.64. The number of benzene rings is 2. The molecule has 6 atom stereocenters. The summed E-state index contributed by atoms with van der Waals surface area (Å²) in [5.74, 6) is -0.708. The number of carbonyl (C=O) groups excluding carboxylic acids is 5. The topological polar surface area (TPSA) is 187 Å². The first-order valence-electron chi connectivity index (χ1n) is 21.1. The molecule has 5 aliphatic rings. The standard InChI is InChI=1S/C44H57BN6O10S/c1-9-50-19-20-51(23-34(50)52)39(55)47-35(30-25-62-38(46-30)48-40(56)58-24-27-15-11-10-12-16-27)36(53)49-44(41(2,3)4,26-59-37(54)29-17-13-14-18-31(29)57-8)45-60-33-22-28-21-32(42(28,5)6)43(33,7)61-45/h10-18,25,28,32-33,35H,9,19-24,26H2,1-8H3,(H,47,55)(H,49,53)(H,46,48,56)/t28?,32?,33?,35?,43-,44-/m0/s1. The summed E-state index contributed by atoms with van der Waals surface area (Å²) in [5, 5.41) is 10.3. The van der Waals surface area contributed by atoms with Crippen LogP contribution in [0.3, 0.4) is 0 Å². The number of amides is 5. The molecule has 2 aromatic carbocycles. The second-order valence-electron chi connectivity index (χ2n) is 18.3. The second kappa shape index (κ2) is 17.5. The zero-order chi connectivity index (χ0) is 44.6. The van der Waals surface area contributed by atoms with Crippen molar-refractivity contribution in [3.63, 3.8) is 0 Å². The van der Waals surface area contributed by atoms with Crippen LogP contribution < -0.4 is 20.7 Å². The van der Waals surface area contributed by atoms with Crippen molar-refractivity contribution in [3.05, 3.63) is 76.8 Å². The number of para-hydroxylation sites is 1. The lowest BCUT2D eigenvalue weighted by molar-refractivity contribution is -0.199. The highest BCUT2D eigenvalue weighted by molar-refractivity contribution is 7.13. The van der Waals surface area contributed by atoms with Crippen LogP contribution in [0.1, 0.15) is 89.0 Å². The van der Waals surface area contributed by atoms with Crippen LogP contribution in [-0.2, 0) is 35.0 Å². The molecule has 2 aliphatic heterocycles. The van der Waals surface area contributed by atoms with Gasteiger partial charge < -0.3 is 44.0 Å². The normalized spacial score (nSPS) is 24.2. The van der Waals surface area contributed by atoms with Gasteiger partial charge in [-0.2, -0.15) is 0 Å². The molecule has 3 N–H and O–H groups in total. The number of piperazine rings is 1. The summed E-state index contributed by atoms with van der Waals surface area (Å²) in [4.78, 5) is 76.4. The number of rotatable bonds is 13. The predicted octanol–water partition coefficient (Wildman–Crippen LogP) is 5.84. The van der Waals surface area contributed by atoms with Crippen LogP contribution in [0.5, 0.6) is 5.75 Å². The van der Waals surface area contributed by atoms with Crippen molar-refractivity contribution in [3.8, 4) is 5.75 Å². The quantitative estimate of drug-likeness (QED) is 0.138. The smallest absolute Gasteiger partial charge is 0.489 e. The van der Waals surface area contributed by atoms with E-state index in [2.05, 4.69) is 41.7 Å². The maximum Gasteiger partial charge on any atom is 0.489 e. The van der Waals surface area contributed by atoms with E-state index in [4.69, 9.17) is 23.5 Å². The first-order valence-corrected chi connectivity index (χ1v) is 22.0. The fourth-order valence-corrected chi connectivity index (χ4v) is 10.1. The lowest BCUT2D eigenvalue weighted by Crippen LogP contribution is -2.71. The van der Waals surface area contributed by atoms with Gasteiger partial charge >= 0.3 is 25.2 Å². The van der Waals surface area contributed by atoms with Gasteiger partial charge in [0.25, 0.3) is 0 Å². The number of carbonyl (C=O) groups is 5. The number of hydrogen-bond donors (Lipinski definition) is 3. The highest BCUT2D eigenvalue weighted by Gasteiger charge is 2.72. The van der Waals surface area contributed by atoms with Gasteiger partial charge in [0, 0.05) is 25.0 Å². The average Bonchev–Trinajstić information content (AvgIpc) is 3.86. The molecule has 0 radical (unpaired) electrons. The largest absolute Gasteiger partial charge is 0.496 e.